The summed E-state index contributed by atoms with van der Waals surface area (Å²) in [5.41, 5.74) is 0. The second kappa shape index (κ2) is 50.4. The molecular weight excluding hydrogens is 875 g/mol. The molecule has 7 unspecified atom stereocenters. The summed E-state index contributed by atoms with van der Waals surface area (Å²) < 4.78 is 11.3. The minimum atomic E-state index is -1.58. The van der Waals surface area contributed by atoms with Crippen molar-refractivity contribution in [2.45, 2.75) is 307 Å². The third-order valence-corrected chi connectivity index (χ3v) is 13.8. The number of ether oxygens (including phenoxy) is 2. The lowest BCUT2D eigenvalue weighted by Crippen LogP contribution is -2.60. The number of unbranched alkanes of at least 4 members (excludes halogenated alkanes) is 32. The van der Waals surface area contributed by atoms with Crippen molar-refractivity contribution in [3.05, 3.63) is 60.8 Å². The number of nitrogens with one attached hydrogen (secondary N) is 1. The van der Waals surface area contributed by atoms with Crippen LogP contribution in [0.1, 0.15) is 264 Å². The minimum Gasteiger partial charge on any atom is -0.394 e. The average molecular weight is 987 g/mol. The second-order valence-electron chi connectivity index (χ2n) is 20.4. The standard InChI is InChI=1S/C61H111NO8/c1-3-5-7-9-11-13-15-17-19-21-23-24-25-26-27-28-29-30-31-32-33-35-37-39-41-43-45-47-49-51-57(65)62-54(53-69-61-60(68)59(67)58(66)56(52-63)70-61)55(64)50-48-46-44-42-40-38-36-34-22-20-18-16-14-12-10-8-6-4-2/h15,17,21-23,34,40,42,48,50,54-56,58-61,63-64,66-68H,3-14,16,18-20,24-33,35-39,41,43-47,49,51-53H2,1-2H3,(H,62,65)/b17-15-,23-21-,34-22+,42-40+,50-48+. The number of aliphatic hydroxyl groups is 5. The Morgan fingerprint density at radius 2 is 0.857 bits per heavy atom. The molecule has 6 N–H and O–H groups in total. The van der Waals surface area contributed by atoms with E-state index < -0.39 is 49.5 Å². The van der Waals surface area contributed by atoms with Crippen LogP contribution in [0.2, 0.25) is 0 Å². The fourth-order valence-electron chi connectivity index (χ4n) is 9.10. The van der Waals surface area contributed by atoms with Crippen molar-refractivity contribution in [3.63, 3.8) is 0 Å². The third kappa shape index (κ3) is 39.4. The number of carbonyl (C=O) groups is 1. The largest absolute Gasteiger partial charge is 0.394 e. The smallest absolute Gasteiger partial charge is 0.220 e. The highest BCUT2D eigenvalue weighted by Gasteiger charge is 2.44. The van der Waals surface area contributed by atoms with Crippen LogP contribution >= 0.6 is 0 Å². The van der Waals surface area contributed by atoms with Gasteiger partial charge in [0.15, 0.2) is 6.29 Å². The molecule has 1 amide bonds. The molecule has 0 aliphatic carbocycles. The topological polar surface area (TPSA) is 149 Å². The summed E-state index contributed by atoms with van der Waals surface area (Å²) in [6.07, 6.45) is 61.5. The molecular formula is C61H111NO8. The molecule has 0 aromatic rings. The zero-order valence-corrected chi connectivity index (χ0v) is 45.3. The number of allylic oxidation sites excluding steroid dienone is 9. The lowest BCUT2D eigenvalue weighted by molar-refractivity contribution is -0.302. The van der Waals surface area contributed by atoms with Gasteiger partial charge in [-0.3, -0.25) is 4.79 Å². The van der Waals surface area contributed by atoms with E-state index in [1.54, 1.807) is 6.08 Å². The number of amides is 1. The number of hydrogen-bond acceptors (Lipinski definition) is 8. The summed E-state index contributed by atoms with van der Waals surface area (Å²) in [7, 11) is 0. The Morgan fingerprint density at radius 1 is 0.486 bits per heavy atom. The summed E-state index contributed by atoms with van der Waals surface area (Å²) in [6.45, 7) is 3.76. The van der Waals surface area contributed by atoms with Gasteiger partial charge in [-0.25, -0.2) is 0 Å². The first kappa shape index (κ1) is 65.9. The molecule has 0 spiro atoms. The summed E-state index contributed by atoms with van der Waals surface area (Å²) in [5.74, 6) is -0.189. The Labute approximate surface area is 430 Å². The molecule has 1 rings (SSSR count). The molecule has 1 saturated heterocycles. The van der Waals surface area contributed by atoms with E-state index in [0.717, 1.165) is 51.4 Å². The average Bonchev–Trinajstić information content (AvgIpc) is 3.36. The van der Waals surface area contributed by atoms with E-state index in [9.17, 15) is 30.3 Å². The van der Waals surface area contributed by atoms with Gasteiger partial charge in [-0.15, -0.1) is 0 Å². The monoisotopic (exact) mass is 986 g/mol. The molecule has 0 aromatic carbocycles. The van der Waals surface area contributed by atoms with Crippen molar-refractivity contribution in [3.8, 4) is 0 Å². The Hall–Kier alpha value is -2.11. The maximum absolute atomic E-state index is 13.1. The highest BCUT2D eigenvalue weighted by molar-refractivity contribution is 5.76. The molecule has 9 nitrogen and oxygen atoms in total. The van der Waals surface area contributed by atoms with Gasteiger partial charge >= 0.3 is 0 Å². The van der Waals surface area contributed by atoms with Gasteiger partial charge < -0.3 is 40.3 Å². The SMILES string of the molecule is CCCCCCC/C=C\C/C=C\CCCCCCCCCCCCCCCCCCCC(=O)NC(COC1OC(CO)C(O)C(O)C1O)C(O)/C=C/CC/C=C/CC/C=C/CCCCCCCCCC. The third-order valence-electron chi connectivity index (χ3n) is 13.8. The van der Waals surface area contributed by atoms with Crippen LogP contribution in [-0.2, 0) is 14.3 Å². The fraction of sp³-hybridized carbons (Fsp3) is 0.820. The molecule has 1 fully saturated rings. The van der Waals surface area contributed by atoms with Crippen LogP contribution in [0, 0.1) is 0 Å². The van der Waals surface area contributed by atoms with Crippen LogP contribution in [0.25, 0.3) is 0 Å². The zero-order valence-electron chi connectivity index (χ0n) is 45.3. The van der Waals surface area contributed by atoms with E-state index in [1.165, 1.54) is 193 Å². The molecule has 1 heterocycles. The van der Waals surface area contributed by atoms with Crippen LogP contribution < -0.4 is 5.32 Å². The number of carbonyl (C=O) groups excluding carboxylic acids is 1. The van der Waals surface area contributed by atoms with E-state index in [2.05, 4.69) is 67.8 Å². The summed E-state index contributed by atoms with van der Waals surface area (Å²) >= 11 is 0. The van der Waals surface area contributed by atoms with E-state index in [1.807, 2.05) is 6.08 Å². The Bertz CT molecular complexity index is 1280. The van der Waals surface area contributed by atoms with Crippen molar-refractivity contribution in [1.82, 2.24) is 5.32 Å². The van der Waals surface area contributed by atoms with Gasteiger partial charge in [0.1, 0.15) is 24.4 Å². The van der Waals surface area contributed by atoms with Crippen molar-refractivity contribution in [2.75, 3.05) is 13.2 Å². The Kier molecular flexibility index (Phi) is 47.5. The Morgan fingerprint density at radius 3 is 1.29 bits per heavy atom. The van der Waals surface area contributed by atoms with E-state index in [4.69, 9.17) is 9.47 Å². The van der Waals surface area contributed by atoms with Crippen molar-refractivity contribution >= 4 is 5.91 Å². The van der Waals surface area contributed by atoms with Gasteiger partial charge in [0, 0.05) is 6.42 Å². The molecule has 7 atom stereocenters. The maximum Gasteiger partial charge on any atom is 0.220 e. The van der Waals surface area contributed by atoms with Gasteiger partial charge in [-0.05, 0) is 77.0 Å². The first-order valence-electron chi connectivity index (χ1n) is 29.5. The molecule has 1 aliphatic rings. The summed E-state index contributed by atoms with van der Waals surface area (Å²) in [6, 6.07) is -0.829. The highest BCUT2D eigenvalue weighted by atomic mass is 16.7. The van der Waals surface area contributed by atoms with Gasteiger partial charge in [0.2, 0.25) is 5.91 Å². The first-order chi connectivity index (χ1) is 34.3. The van der Waals surface area contributed by atoms with Crippen molar-refractivity contribution in [2.24, 2.45) is 0 Å². The van der Waals surface area contributed by atoms with Gasteiger partial charge in [-0.2, -0.15) is 0 Å². The predicted octanol–water partition coefficient (Wildman–Crippen LogP) is 14.7. The number of rotatable bonds is 50. The number of hydrogen-bond donors (Lipinski definition) is 6. The van der Waals surface area contributed by atoms with Crippen LogP contribution in [0.3, 0.4) is 0 Å². The second-order valence-corrected chi connectivity index (χ2v) is 20.4. The van der Waals surface area contributed by atoms with Crippen molar-refractivity contribution < 1.29 is 39.8 Å². The minimum absolute atomic E-state index is 0.189. The molecule has 0 saturated carbocycles. The molecule has 408 valence electrons. The van der Waals surface area contributed by atoms with E-state index in [0.29, 0.717) is 6.42 Å². The van der Waals surface area contributed by atoms with Crippen LogP contribution in [-0.4, -0.2) is 87.5 Å². The first-order valence-corrected chi connectivity index (χ1v) is 29.5. The lowest BCUT2D eigenvalue weighted by atomic mass is 9.99. The van der Waals surface area contributed by atoms with Gasteiger partial charge in [-0.1, -0.05) is 242 Å². The molecule has 0 aromatic heterocycles. The van der Waals surface area contributed by atoms with Crippen molar-refractivity contribution in [1.29, 1.82) is 0 Å². The summed E-state index contributed by atoms with van der Waals surface area (Å²) in [5, 5.41) is 54.5. The molecule has 1 aliphatic heterocycles. The number of aliphatic hydroxyl groups excluding tert-OH is 5. The normalized spacial score (nSPS) is 19.8. The van der Waals surface area contributed by atoms with E-state index >= 15 is 0 Å². The Balaban J connectivity index is 2.21. The molecule has 70 heavy (non-hydrogen) atoms. The van der Waals surface area contributed by atoms with E-state index in [-0.39, 0.29) is 12.5 Å². The quantitative estimate of drug-likeness (QED) is 0.0261. The fourth-order valence-corrected chi connectivity index (χ4v) is 9.10. The molecule has 9 heteroatoms. The zero-order chi connectivity index (χ0) is 50.8. The highest BCUT2D eigenvalue weighted by Crippen LogP contribution is 2.23. The molecule has 0 radical (unpaired) electrons. The summed E-state index contributed by atoms with van der Waals surface area (Å²) in [4.78, 5) is 13.1. The molecule has 0 bridgehead atoms. The van der Waals surface area contributed by atoms with Crippen LogP contribution in [0.5, 0.6) is 0 Å². The van der Waals surface area contributed by atoms with Crippen LogP contribution in [0.4, 0.5) is 0 Å². The van der Waals surface area contributed by atoms with Gasteiger partial charge in [0.05, 0.1) is 25.4 Å². The van der Waals surface area contributed by atoms with Crippen LogP contribution in [0.15, 0.2) is 60.8 Å². The lowest BCUT2D eigenvalue weighted by Gasteiger charge is -2.40. The van der Waals surface area contributed by atoms with Gasteiger partial charge in [0.25, 0.3) is 0 Å². The predicted molar refractivity (Wildman–Crippen MR) is 295 cm³/mol. The maximum atomic E-state index is 13.1.